The highest BCUT2D eigenvalue weighted by atomic mass is 16.5. The van der Waals surface area contributed by atoms with Crippen LogP contribution in [0.5, 0.6) is 5.75 Å². The molecule has 1 aromatic rings. The number of ether oxygens (including phenoxy) is 1. The second-order valence-corrected chi connectivity index (χ2v) is 3.89. The molecule has 0 bridgehead atoms. The van der Waals surface area contributed by atoms with E-state index in [2.05, 4.69) is 5.32 Å². The molecule has 0 aliphatic carbocycles. The fourth-order valence-electron chi connectivity index (χ4n) is 1.68. The summed E-state index contributed by atoms with van der Waals surface area (Å²) in [6.07, 6.45) is 0.685. The second kappa shape index (κ2) is 4.85. The van der Waals surface area contributed by atoms with Crippen molar-refractivity contribution in [2.75, 3.05) is 18.5 Å². The van der Waals surface area contributed by atoms with Gasteiger partial charge in [-0.15, -0.1) is 0 Å². The zero-order valence-corrected chi connectivity index (χ0v) is 9.14. The molecule has 5 heteroatoms. The van der Waals surface area contributed by atoms with Crippen LogP contribution in [0.2, 0.25) is 0 Å². The Hall–Kier alpha value is -2.06. The van der Waals surface area contributed by atoms with E-state index < -0.39 is 0 Å². The molecule has 0 saturated carbocycles. The number of carbonyl (C=O) groups is 1. The van der Waals surface area contributed by atoms with E-state index in [0.29, 0.717) is 25.2 Å². The lowest BCUT2D eigenvalue weighted by Gasteiger charge is -2.10. The van der Waals surface area contributed by atoms with Gasteiger partial charge in [0.05, 0.1) is 29.8 Å². The molecule has 1 aliphatic rings. The van der Waals surface area contributed by atoms with Gasteiger partial charge in [-0.3, -0.25) is 4.79 Å². The molecule has 1 fully saturated rings. The maximum atomic E-state index is 11.8. The van der Waals surface area contributed by atoms with Crippen LogP contribution in [0.15, 0.2) is 18.2 Å². The lowest BCUT2D eigenvalue weighted by Crippen LogP contribution is -2.22. The summed E-state index contributed by atoms with van der Waals surface area (Å²) in [5.74, 6) is -0.413. The van der Waals surface area contributed by atoms with Crippen molar-refractivity contribution < 1.29 is 14.6 Å². The van der Waals surface area contributed by atoms with Crippen LogP contribution in [0.25, 0.3) is 0 Å². The zero-order chi connectivity index (χ0) is 12.3. The number of nitriles is 1. The van der Waals surface area contributed by atoms with Crippen LogP contribution in [0.4, 0.5) is 5.69 Å². The van der Waals surface area contributed by atoms with Gasteiger partial charge in [0, 0.05) is 6.61 Å². The molecule has 1 aromatic carbocycles. The number of hydrogen-bond acceptors (Lipinski definition) is 4. The maximum Gasteiger partial charge on any atom is 0.230 e. The largest absolute Gasteiger partial charge is 0.506 e. The molecule has 1 amide bonds. The first kappa shape index (κ1) is 11.4. The van der Waals surface area contributed by atoms with Gasteiger partial charge in [-0.25, -0.2) is 0 Å². The Balaban J connectivity index is 2.12. The van der Waals surface area contributed by atoms with Crippen LogP contribution in [0.1, 0.15) is 12.0 Å². The number of hydrogen-bond donors (Lipinski definition) is 2. The molecule has 2 N–H and O–H groups in total. The highest BCUT2D eigenvalue weighted by Crippen LogP contribution is 2.25. The highest BCUT2D eigenvalue weighted by molar-refractivity contribution is 5.94. The quantitative estimate of drug-likeness (QED) is 0.751. The molecule has 17 heavy (non-hydrogen) atoms. The average Bonchev–Trinajstić information content (AvgIpc) is 2.85. The lowest BCUT2D eigenvalue weighted by molar-refractivity contribution is -0.119. The predicted octanol–water partition coefficient (Wildman–Crippen LogP) is 1.24. The summed E-state index contributed by atoms with van der Waals surface area (Å²) >= 11 is 0. The first-order valence-electron chi connectivity index (χ1n) is 5.32. The Bertz CT molecular complexity index is 473. The number of rotatable bonds is 2. The second-order valence-electron chi connectivity index (χ2n) is 3.89. The number of nitrogens with zero attached hydrogens (tertiary/aromatic N) is 1. The minimum atomic E-state index is -0.187. The SMILES string of the molecule is N#Cc1ccc(O)c(NC(=O)C2CCOC2)c1. The first-order chi connectivity index (χ1) is 8.20. The number of benzene rings is 1. The smallest absolute Gasteiger partial charge is 0.230 e. The molecular weight excluding hydrogens is 220 g/mol. The van der Waals surface area contributed by atoms with Crippen LogP contribution < -0.4 is 5.32 Å². The van der Waals surface area contributed by atoms with E-state index in [-0.39, 0.29) is 23.3 Å². The normalized spacial score (nSPS) is 18.6. The highest BCUT2D eigenvalue weighted by Gasteiger charge is 2.24. The van der Waals surface area contributed by atoms with Crippen molar-refractivity contribution in [3.63, 3.8) is 0 Å². The molecule has 88 valence electrons. The van der Waals surface area contributed by atoms with Crippen molar-refractivity contribution in [1.82, 2.24) is 0 Å². The fraction of sp³-hybridized carbons (Fsp3) is 0.333. The van der Waals surface area contributed by atoms with Crippen LogP contribution >= 0.6 is 0 Å². The summed E-state index contributed by atoms with van der Waals surface area (Å²) in [5, 5.41) is 20.9. The summed E-state index contributed by atoms with van der Waals surface area (Å²) in [7, 11) is 0. The standard InChI is InChI=1S/C12H12N2O3/c13-6-8-1-2-11(15)10(5-8)14-12(16)9-3-4-17-7-9/h1-2,5,9,15H,3-4,7H2,(H,14,16). The van der Waals surface area contributed by atoms with Gasteiger partial charge in [0.1, 0.15) is 5.75 Å². The van der Waals surface area contributed by atoms with Crippen molar-refractivity contribution in [1.29, 1.82) is 5.26 Å². The van der Waals surface area contributed by atoms with Crippen molar-refractivity contribution >= 4 is 11.6 Å². The Labute approximate surface area is 98.6 Å². The van der Waals surface area contributed by atoms with Gasteiger partial charge in [-0.1, -0.05) is 0 Å². The van der Waals surface area contributed by atoms with E-state index in [9.17, 15) is 9.90 Å². The third-order valence-electron chi connectivity index (χ3n) is 2.68. The van der Waals surface area contributed by atoms with E-state index in [1.807, 2.05) is 6.07 Å². The van der Waals surface area contributed by atoms with E-state index in [4.69, 9.17) is 10.00 Å². The summed E-state index contributed by atoms with van der Waals surface area (Å²) in [5.41, 5.74) is 0.654. The average molecular weight is 232 g/mol. The van der Waals surface area contributed by atoms with Crippen LogP contribution in [-0.4, -0.2) is 24.2 Å². The number of phenols is 1. The molecule has 0 spiro atoms. The molecular formula is C12H12N2O3. The number of aromatic hydroxyl groups is 1. The van der Waals surface area contributed by atoms with Crippen LogP contribution in [0.3, 0.4) is 0 Å². The molecule has 2 rings (SSSR count). The molecule has 1 unspecified atom stereocenters. The minimum Gasteiger partial charge on any atom is -0.506 e. The summed E-state index contributed by atoms with van der Waals surface area (Å²) in [6, 6.07) is 6.28. The van der Waals surface area contributed by atoms with E-state index in [1.165, 1.54) is 18.2 Å². The number of carbonyl (C=O) groups excluding carboxylic acids is 1. The van der Waals surface area contributed by atoms with Gasteiger partial charge in [-0.05, 0) is 24.6 Å². The van der Waals surface area contributed by atoms with Gasteiger partial charge in [0.2, 0.25) is 5.91 Å². The summed E-state index contributed by atoms with van der Waals surface area (Å²) < 4.78 is 5.12. The van der Waals surface area contributed by atoms with Crippen LogP contribution in [-0.2, 0) is 9.53 Å². The van der Waals surface area contributed by atoms with Crippen LogP contribution in [0, 0.1) is 17.2 Å². The topological polar surface area (TPSA) is 82.4 Å². The van der Waals surface area contributed by atoms with Gasteiger partial charge in [0.15, 0.2) is 0 Å². The monoisotopic (exact) mass is 232 g/mol. The molecule has 1 heterocycles. The van der Waals surface area contributed by atoms with Crippen molar-refractivity contribution in [2.24, 2.45) is 5.92 Å². The first-order valence-corrected chi connectivity index (χ1v) is 5.32. The van der Waals surface area contributed by atoms with Crippen molar-refractivity contribution in [3.8, 4) is 11.8 Å². The van der Waals surface area contributed by atoms with Gasteiger partial charge >= 0.3 is 0 Å². The summed E-state index contributed by atoms with van der Waals surface area (Å²) in [4.78, 5) is 11.8. The lowest BCUT2D eigenvalue weighted by atomic mass is 10.1. The molecule has 0 radical (unpaired) electrons. The number of anilines is 1. The Morgan fingerprint density at radius 2 is 2.41 bits per heavy atom. The summed E-state index contributed by atoms with van der Waals surface area (Å²) in [6.45, 7) is 0.993. The predicted molar refractivity (Wildman–Crippen MR) is 60.4 cm³/mol. The number of nitrogens with one attached hydrogen (secondary N) is 1. The Morgan fingerprint density at radius 3 is 3.06 bits per heavy atom. The van der Waals surface area contributed by atoms with Gasteiger partial charge in [0.25, 0.3) is 0 Å². The molecule has 1 atom stereocenters. The number of amides is 1. The molecule has 1 saturated heterocycles. The zero-order valence-electron chi connectivity index (χ0n) is 9.14. The molecule has 5 nitrogen and oxygen atoms in total. The third-order valence-corrected chi connectivity index (χ3v) is 2.68. The van der Waals surface area contributed by atoms with Gasteiger partial charge < -0.3 is 15.2 Å². The Morgan fingerprint density at radius 1 is 1.59 bits per heavy atom. The van der Waals surface area contributed by atoms with E-state index in [1.54, 1.807) is 0 Å². The number of phenolic OH excluding ortho intramolecular Hbond substituents is 1. The Kier molecular flexibility index (Phi) is 3.26. The van der Waals surface area contributed by atoms with Crippen molar-refractivity contribution in [2.45, 2.75) is 6.42 Å². The van der Waals surface area contributed by atoms with E-state index in [0.717, 1.165) is 0 Å². The molecule has 1 aliphatic heterocycles. The minimum absolute atomic E-state index is 0.0451. The van der Waals surface area contributed by atoms with E-state index >= 15 is 0 Å². The molecule has 0 aromatic heterocycles. The third kappa shape index (κ3) is 2.55. The van der Waals surface area contributed by atoms with Gasteiger partial charge in [-0.2, -0.15) is 5.26 Å². The van der Waals surface area contributed by atoms with Crippen molar-refractivity contribution in [3.05, 3.63) is 23.8 Å². The maximum absolute atomic E-state index is 11.8. The fourth-order valence-corrected chi connectivity index (χ4v) is 1.68.